The Labute approximate surface area is 239 Å². The van der Waals surface area contributed by atoms with E-state index >= 15 is 0 Å². The van der Waals surface area contributed by atoms with Gasteiger partial charge in [0.1, 0.15) is 22.9 Å². The number of aliphatic hydroxyl groups excluding tert-OH is 1. The van der Waals surface area contributed by atoms with E-state index < -0.39 is 45.3 Å². The summed E-state index contributed by atoms with van der Waals surface area (Å²) >= 11 is 0. The molecule has 0 radical (unpaired) electrons. The summed E-state index contributed by atoms with van der Waals surface area (Å²) in [5, 5.41) is 12.7. The number of hydrogen-bond acceptors (Lipinski definition) is 7. The van der Waals surface area contributed by atoms with E-state index in [0.717, 1.165) is 32.8 Å². The summed E-state index contributed by atoms with van der Waals surface area (Å²) in [4.78, 5) is 30.2. The van der Waals surface area contributed by atoms with Crippen molar-refractivity contribution in [3.8, 4) is 5.75 Å². The second-order valence-electron chi connectivity index (χ2n) is 9.82. The van der Waals surface area contributed by atoms with Crippen LogP contribution in [0.5, 0.6) is 5.75 Å². The monoisotopic (exact) mass is 612 g/mol. The van der Waals surface area contributed by atoms with E-state index in [9.17, 15) is 40.7 Å². The Bertz CT molecular complexity index is 1550. The number of aryl methyl sites for hydroxylation is 1. The molecule has 2 aromatic carbocycles. The molecule has 10 nitrogen and oxygen atoms in total. The third-order valence-electron chi connectivity index (χ3n) is 6.98. The first kappa shape index (κ1) is 31.1. The molecule has 2 aliphatic rings. The summed E-state index contributed by atoms with van der Waals surface area (Å²) in [5.74, 6) is -2.13. The highest BCUT2D eigenvalue weighted by atomic mass is 32.2. The van der Waals surface area contributed by atoms with E-state index in [4.69, 9.17) is 0 Å². The number of nitrogens with one attached hydrogen (secondary N) is 1. The van der Waals surface area contributed by atoms with Crippen molar-refractivity contribution in [1.29, 1.82) is 0 Å². The molecule has 0 saturated carbocycles. The van der Waals surface area contributed by atoms with Gasteiger partial charge in [-0.25, -0.2) is 12.8 Å². The first-order valence-corrected chi connectivity index (χ1v) is 14.3. The highest BCUT2D eigenvalue weighted by Gasteiger charge is 2.47. The maximum Gasteiger partial charge on any atom is 0.573 e. The number of sulfonamides is 1. The Morgan fingerprint density at radius 2 is 1.93 bits per heavy atom. The number of amides is 2. The number of carbonyl (C=O) groups is 2. The molecule has 0 aromatic heterocycles. The second kappa shape index (κ2) is 11.8. The fraction of sp³-hybridized carbons (Fsp3) is 0.370. The highest BCUT2D eigenvalue weighted by molar-refractivity contribution is 7.92. The van der Waals surface area contributed by atoms with Gasteiger partial charge < -0.3 is 20.1 Å². The van der Waals surface area contributed by atoms with Crippen molar-refractivity contribution in [2.75, 3.05) is 31.1 Å². The van der Waals surface area contributed by atoms with Crippen molar-refractivity contribution in [3.63, 3.8) is 0 Å². The van der Waals surface area contributed by atoms with Crippen molar-refractivity contribution in [2.24, 2.45) is 4.99 Å². The molecule has 2 N–H and O–H groups in total. The summed E-state index contributed by atoms with van der Waals surface area (Å²) in [7, 11) is -3.98. The van der Waals surface area contributed by atoms with Crippen LogP contribution in [0.3, 0.4) is 0 Å². The first-order chi connectivity index (χ1) is 19.6. The van der Waals surface area contributed by atoms with E-state index in [2.05, 4.69) is 15.0 Å². The lowest BCUT2D eigenvalue weighted by atomic mass is 9.89. The number of amidine groups is 1. The van der Waals surface area contributed by atoms with Crippen LogP contribution in [0.2, 0.25) is 0 Å². The van der Waals surface area contributed by atoms with Crippen LogP contribution in [0.1, 0.15) is 36.5 Å². The zero-order chi connectivity index (χ0) is 30.9. The summed E-state index contributed by atoms with van der Waals surface area (Å²) in [6.07, 6.45) is -3.59. The van der Waals surface area contributed by atoms with E-state index in [1.165, 1.54) is 31.2 Å². The molecule has 1 fully saturated rings. The predicted molar refractivity (Wildman–Crippen MR) is 146 cm³/mol. The third-order valence-corrected chi connectivity index (χ3v) is 8.55. The molecular formula is C27H28F4N4O6S. The van der Waals surface area contributed by atoms with E-state index in [-0.39, 0.29) is 61.7 Å². The molecule has 0 bridgehead atoms. The van der Waals surface area contributed by atoms with Gasteiger partial charge in [-0.1, -0.05) is 12.1 Å². The number of rotatable bonds is 8. The topological polar surface area (TPSA) is 129 Å². The number of ether oxygens (including phenoxy) is 1. The van der Waals surface area contributed by atoms with Gasteiger partial charge in [-0.2, -0.15) is 4.31 Å². The van der Waals surface area contributed by atoms with Crippen molar-refractivity contribution < 1.29 is 45.4 Å². The van der Waals surface area contributed by atoms with E-state index in [1.807, 2.05) is 0 Å². The molecule has 4 rings (SSSR count). The minimum absolute atomic E-state index is 0.0300. The number of carbonyl (C=O) groups excluding carboxylic acids is 2. The summed E-state index contributed by atoms with van der Waals surface area (Å²) < 4.78 is 83.8. The second-order valence-corrected chi connectivity index (χ2v) is 11.6. The van der Waals surface area contributed by atoms with Crippen LogP contribution < -0.4 is 15.0 Å². The molecule has 1 spiro atoms. The summed E-state index contributed by atoms with van der Waals surface area (Å²) in [6.45, 7) is 2.27. The lowest BCUT2D eigenvalue weighted by Crippen LogP contribution is -2.50. The van der Waals surface area contributed by atoms with Crippen LogP contribution in [-0.4, -0.2) is 73.6 Å². The average molecular weight is 613 g/mol. The van der Waals surface area contributed by atoms with Crippen LogP contribution in [0.25, 0.3) is 6.08 Å². The number of piperidine rings is 1. The molecule has 2 aliphatic heterocycles. The number of hydrogen-bond donors (Lipinski definition) is 2. The van der Waals surface area contributed by atoms with Crippen LogP contribution in [0.4, 0.5) is 23.2 Å². The van der Waals surface area contributed by atoms with Gasteiger partial charge in [-0.05, 0) is 61.2 Å². The zero-order valence-electron chi connectivity index (χ0n) is 22.6. The maximum absolute atomic E-state index is 14.8. The summed E-state index contributed by atoms with van der Waals surface area (Å²) in [5.41, 5.74) is -0.351. The van der Waals surface area contributed by atoms with Gasteiger partial charge in [-0.3, -0.25) is 14.6 Å². The fourth-order valence-electron chi connectivity index (χ4n) is 4.80. The van der Waals surface area contributed by atoms with Crippen molar-refractivity contribution in [3.05, 3.63) is 64.3 Å². The van der Waals surface area contributed by atoms with Gasteiger partial charge in [0.25, 0.3) is 5.91 Å². The average Bonchev–Trinajstić information content (AvgIpc) is 3.22. The molecule has 0 unspecified atom stereocenters. The van der Waals surface area contributed by atoms with Gasteiger partial charge in [0.05, 0.1) is 12.3 Å². The highest BCUT2D eigenvalue weighted by Crippen LogP contribution is 2.33. The molecule has 2 amide bonds. The molecule has 226 valence electrons. The van der Waals surface area contributed by atoms with E-state index in [0.29, 0.717) is 5.56 Å². The van der Waals surface area contributed by atoms with Gasteiger partial charge in [0.15, 0.2) is 0 Å². The summed E-state index contributed by atoms with van der Waals surface area (Å²) in [6, 6.07) is 7.49. The Morgan fingerprint density at radius 1 is 1.24 bits per heavy atom. The van der Waals surface area contributed by atoms with Crippen LogP contribution in [0.15, 0.2) is 46.8 Å². The predicted octanol–water partition coefficient (Wildman–Crippen LogP) is 3.09. The number of alkyl halides is 3. The minimum atomic E-state index is -4.89. The number of anilines is 1. The van der Waals surface area contributed by atoms with Crippen molar-refractivity contribution >= 4 is 39.4 Å². The van der Waals surface area contributed by atoms with Crippen molar-refractivity contribution in [1.82, 2.24) is 9.62 Å². The Morgan fingerprint density at radius 3 is 2.55 bits per heavy atom. The maximum atomic E-state index is 14.8. The molecular weight excluding hydrogens is 584 g/mol. The molecule has 1 saturated heterocycles. The Hall–Kier alpha value is -3.82. The van der Waals surface area contributed by atoms with Crippen molar-refractivity contribution in [2.45, 2.75) is 38.6 Å². The third kappa shape index (κ3) is 6.79. The van der Waals surface area contributed by atoms with Crippen LogP contribution >= 0.6 is 0 Å². The smallest absolute Gasteiger partial charge is 0.406 e. The first-order valence-electron chi connectivity index (χ1n) is 12.8. The number of benzene rings is 2. The van der Waals surface area contributed by atoms with Gasteiger partial charge in [-0.15, -0.1) is 13.2 Å². The molecule has 0 atom stereocenters. The number of nitrogens with zero attached hydrogens (tertiary/aromatic N) is 3. The lowest BCUT2D eigenvalue weighted by molar-refractivity contribution is -0.274. The Kier molecular flexibility index (Phi) is 8.76. The zero-order valence-corrected chi connectivity index (χ0v) is 23.4. The molecule has 0 aliphatic carbocycles. The van der Waals surface area contributed by atoms with Gasteiger partial charge in [0.2, 0.25) is 15.9 Å². The minimum Gasteiger partial charge on any atom is -0.406 e. The normalized spacial score (nSPS) is 17.4. The quantitative estimate of drug-likeness (QED) is 0.441. The number of halogens is 4. The van der Waals surface area contributed by atoms with Crippen LogP contribution in [-0.2, 0) is 19.6 Å². The largest absolute Gasteiger partial charge is 0.573 e. The molecule has 2 aromatic rings. The molecule has 15 heteroatoms. The number of aliphatic imine (C=N–C) groups is 1. The number of aliphatic hydroxyl groups is 1. The van der Waals surface area contributed by atoms with Gasteiger partial charge >= 0.3 is 6.36 Å². The van der Waals surface area contributed by atoms with Gasteiger partial charge in [0, 0.05) is 37.5 Å². The molecule has 42 heavy (non-hydrogen) atoms. The fourth-order valence-corrected chi connectivity index (χ4v) is 5.99. The molecule has 2 heterocycles. The lowest BCUT2D eigenvalue weighted by Gasteiger charge is -2.34. The van der Waals surface area contributed by atoms with Crippen LogP contribution in [0, 0.1) is 12.7 Å². The standard InChI is InChI=1S/C27H28F4N4O6S/c1-17-14-23(35(11-12-36)18(2)37)22(28)16-19(17)6-13-42(39,40)34-9-7-26(8-10-34)25(38)32-24(33-26)20-4-3-5-21(15-20)41-27(29,30)31/h3-6,13-16,36H,7-12H2,1-2H3,(H,32,33,38). The van der Waals surface area contributed by atoms with E-state index in [1.54, 1.807) is 6.92 Å². The Balaban J connectivity index is 1.47. The SMILES string of the molecule is CC(=O)N(CCO)c1cc(C)c(C=CS(=O)(=O)N2CCC3(CC2)N=C(c2cccc(OC(F)(F)F)c2)NC3=O)cc1F.